The lowest BCUT2D eigenvalue weighted by atomic mass is 10.1. The minimum Gasteiger partial charge on any atom is -0.459 e. The Hall–Kier alpha value is -1.97. The van der Waals surface area contributed by atoms with Crippen LogP contribution in [0.5, 0.6) is 0 Å². The Morgan fingerprint density at radius 2 is 2.14 bits per heavy atom. The first-order valence-electron chi connectivity index (χ1n) is 7.69. The largest absolute Gasteiger partial charge is 0.459 e. The number of aromatic nitrogens is 1. The second-order valence-corrected chi connectivity index (χ2v) is 5.57. The zero-order valence-electron chi connectivity index (χ0n) is 12.8. The number of ether oxygens (including phenoxy) is 1. The maximum absolute atomic E-state index is 12.2. The van der Waals surface area contributed by atoms with Gasteiger partial charge in [0.05, 0.1) is 11.7 Å². The van der Waals surface area contributed by atoms with Crippen molar-refractivity contribution in [3.8, 4) is 0 Å². The molecule has 0 aliphatic heterocycles. The highest BCUT2D eigenvalue weighted by Crippen LogP contribution is 2.22. The molecule has 114 valence electrons. The van der Waals surface area contributed by atoms with E-state index in [0.717, 1.165) is 23.7 Å². The number of unbranched alkanes of at least 4 members (excludes halogenated alkanes) is 3. The molecule has 0 aliphatic carbocycles. The Morgan fingerprint density at radius 3 is 2.90 bits per heavy atom. The van der Waals surface area contributed by atoms with Gasteiger partial charge in [-0.05, 0) is 38.0 Å². The number of hydrogen-bond acceptors (Lipinski definition) is 3. The number of esters is 1. The summed E-state index contributed by atoms with van der Waals surface area (Å²) in [6.45, 7) is 4.14. The minimum atomic E-state index is -0.269. The smallest absolute Gasteiger partial charge is 0.340 e. The van der Waals surface area contributed by atoms with Crippen molar-refractivity contribution in [1.29, 1.82) is 0 Å². The van der Waals surface area contributed by atoms with Crippen molar-refractivity contribution in [2.45, 2.75) is 52.1 Å². The molecule has 2 aromatic rings. The summed E-state index contributed by atoms with van der Waals surface area (Å²) in [5, 5.41) is 0.854. The van der Waals surface area contributed by atoms with Crippen molar-refractivity contribution >= 4 is 22.6 Å². The monoisotopic (exact) mass is 288 g/mol. The first kappa shape index (κ1) is 15.4. The molecule has 21 heavy (non-hydrogen) atoms. The van der Waals surface area contributed by atoms with Gasteiger partial charge in [0.1, 0.15) is 0 Å². The lowest BCUT2D eigenvalue weighted by Crippen LogP contribution is -2.14. The third-order valence-corrected chi connectivity index (χ3v) is 3.70. The van der Waals surface area contributed by atoms with E-state index in [1.165, 1.54) is 19.3 Å². The van der Waals surface area contributed by atoms with Gasteiger partial charge in [-0.25, -0.2) is 4.79 Å². The van der Waals surface area contributed by atoms with E-state index in [-0.39, 0.29) is 12.1 Å². The van der Waals surface area contributed by atoms with E-state index >= 15 is 0 Å². The van der Waals surface area contributed by atoms with Gasteiger partial charge in [0.25, 0.3) is 0 Å². The number of nitrogens with one attached hydrogen (secondary N) is 1. The van der Waals surface area contributed by atoms with Gasteiger partial charge in [0.15, 0.2) is 0 Å². The van der Waals surface area contributed by atoms with E-state index in [2.05, 4.69) is 11.9 Å². The highest BCUT2D eigenvalue weighted by molar-refractivity contribution is 6.04. The Morgan fingerprint density at radius 1 is 1.33 bits per heavy atom. The van der Waals surface area contributed by atoms with E-state index < -0.39 is 0 Å². The molecule has 3 N–H and O–H groups in total. The van der Waals surface area contributed by atoms with Crippen LogP contribution in [-0.4, -0.2) is 17.1 Å². The molecule has 1 atom stereocenters. The number of rotatable bonds is 7. The van der Waals surface area contributed by atoms with Crippen molar-refractivity contribution in [2.75, 3.05) is 5.73 Å². The van der Waals surface area contributed by atoms with Crippen molar-refractivity contribution in [1.82, 2.24) is 4.98 Å². The molecule has 4 nitrogen and oxygen atoms in total. The molecule has 0 bridgehead atoms. The first-order chi connectivity index (χ1) is 10.1. The van der Waals surface area contributed by atoms with Crippen molar-refractivity contribution < 1.29 is 9.53 Å². The second kappa shape index (κ2) is 7.16. The minimum absolute atomic E-state index is 0.0481. The number of carbonyl (C=O) groups is 1. The summed E-state index contributed by atoms with van der Waals surface area (Å²) in [6.07, 6.45) is 7.32. The molecular formula is C17H24N2O2. The lowest BCUT2D eigenvalue weighted by Gasteiger charge is -2.12. The zero-order valence-corrected chi connectivity index (χ0v) is 12.8. The fourth-order valence-electron chi connectivity index (χ4n) is 2.48. The summed E-state index contributed by atoms with van der Waals surface area (Å²) in [6, 6.07) is 5.46. The molecule has 0 aliphatic rings. The van der Waals surface area contributed by atoms with Gasteiger partial charge in [-0.1, -0.05) is 26.2 Å². The fraction of sp³-hybridized carbons (Fsp3) is 0.471. The van der Waals surface area contributed by atoms with Crippen LogP contribution < -0.4 is 5.73 Å². The van der Waals surface area contributed by atoms with Crippen molar-refractivity contribution in [3.05, 3.63) is 30.0 Å². The number of benzene rings is 1. The topological polar surface area (TPSA) is 68.1 Å². The Labute approximate surface area is 125 Å². The normalized spacial score (nSPS) is 12.5. The third-order valence-electron chi connectivity index (χ3n) is 3.70. The fourth-order valence-corrected chi connectivity index (χ4v) is 2.48. The summed E-state index contributed by atoms with van der Waals surface area (Å²) in [7, 11) is 0. The predicted octanol–water partition coefficient (Wildman–Crippen LogP) is 4.27. The van der Waals surface area contributed by atoms with Crippen LogP contribution >= 0.6 is 0 Å². The molecule has 1 aromatic heterocycles. The van der Waals surface area contributed by atoms with Crippen LogP contribution in [0.4, 0.5) is 5.69 Å². The molecule has 0 radical (unpaired) electrons. The van der Waals surface area contributed by atoms with Gasteiger partial charge >= 0.3 is 5.97 Å². The van der Waals surface area contributed by atoms with Crippen molar-refractivity contribution in [3.63, 3.8) is 0 Å². The van der Waals surface area contributed by atoms with Crippen LogP contribution in [0.15, 0.2) is 24.4 Å². The molecular weight excluding hydrogens is 264 g/mol. The lowest BCUT2D eigenvalue weighted by molar-refractivity contribution is 0.0322. The predicted molar refractivity (Wildman–Crippen MR) is 86.3 cm³/mol. The summed E-state index contributed by atoms with van der Waals surface area (Å²) < 4.78 is 5.52. The number of nitrogen functional groups attached to an aromatic ring is 1. The number of anilines is 1. The first-order valence-corrected chi connectivity index (χ1v) is 7.69. The Bertz CT molecular complexity index is 604. The van der Waals surface area contributed by atoms with Crippen LogP contribution in [-0.2, 0) is 4.74 Å². The van der Waals surface area contributed by atoms with Gasteiger partial charge < -0.3 is 15.5 Å². The SMILES string of the molecule is CCCCCCC(C)OC(=O)c1c[nH]c2cc(N)ccc12. The molecule has 4 heteroatoms. The van der Waals surface area contributed by atoms with E-state index in [1.807, 2.05) is 19.1 Å². The highest BCUT2D eigenvalue weighted by atomic mass is 16.5. The molecule has 0 fully saturated rings. The summed E-state index contributed by atoms with van der Waals surface area (Å²) in [5.41, 5.74) is 7.84. The molecule has 0 amide bonds. The second-order valence-electron chi connectivity index (χ2n) is 5.57. The zero-order chi connectivity index (χ0) is 15.2. The summed E-state index contributed by atoms with van der Waals surface area (Å²) >= 11 is 0. The van der Waals surface area contributed by atoms with E-state index in [4.69, 9.17) is 10.5 Å². The van der Waals surface area contributed by atoms with Crippen LogP contribution in [0.1, 0.15) is 56.3 Å². The van der Waals surface area contributed by atoms with Gasteiger partial charge in [-0.3, -0.25) is 0 Å². The average molecular weight is 288 g/mol. The standard InChI is InChI=1S/C17H24N2O2/c1-3-4-5-6-7-12(2)21-17(20)15-11-19-16-10-13(18)8-9-14(15)16/h8-12,19H,3-7,18H2,1-2H3. The highest BCUT2D eigenvalue weighted by Gasteiger charge is 2.16. The molecule has 1 aromatic carbocycles. The molecule has 0 spiro atoms. The number of fused-ring (bicyclic) bond motifs is 1. The quantitative estimate of drug-likeness (QED) is 0.454. The van der Waals surface area contributed by atoms with Gasteiger partial charge in [-0.15, -0.1) is 0 Å². The molecule has 1 unspecified atom stereocenters. The molecule has 1 heterocycles. The Kier molecular flexibility index (Phi) is 5.26. The van der Waals surface area contributed by atoms with Gasteiger partial charge in [0, 0.05) is 22.8 Å². The maximum Gasteiger partial charge on any atom is 0.340 e. The number of aromatic amines is 1. The Balaban J connectivity index is 1.95. The number of carbonyl (C=O) groups excluding carboxylic acids is 1. The van der Waals surface area contributed by atoms with Crippen molar-refractivity contribution in [2.24, 2.45) is 0 Å². The number of H-pyrrole nitrogens is 1. The number of nitrogens with two attached hydrogens (primary N) is 1. The van der Waals surface area contributed by atoms with Crippen LogP contribution in [0.3, 0.4) is 0 Å². The van der Waals surface area contributed by atoms with E-state index in [0.29, 0.717) is 11.3 Å². The average Bonchev–Trinajstić information content (AvgIpc) is 2.86. The van der Waals surface area contributed by atoms with Crippen LogP contribution in [0, 0.1) is 0 Å². The van der Waals surface area contributed by atoms with Crippen LogP contribution in [0.25, 0.3) is 10.9 Å². The summed E-state index contributed by atoms with van der Waals surface area (Å²) in [5.74, 6) is -0.269. The molecule has 0 saturated heterocycles. The summed E-state index contributed by atoms with van der Waals surface area (Å²) in [4.78, 5) is 15.3. The van der Waals surface area contributed by atoms with E-state index in [1.54, 1.807) is 12.3 Å². The maximum atomic E-state index is 12.2. The van der Waals surface area contributed by atoms with Gasteiger partial charge in [-0.2, -0.15) is 0 Å². The third kappa shape index (κ3) is 4.00. The van der Waals surface area contributed by atoms with E-state index in [9.17, 15) is 4.79 Å². The van der Waals surface area contributed by atoms with Crippen LogP contribution in [0.2, 0.25) is 0 Å². The van der Waals surface area contributed by atoms with Gasteiger partial charge in [0.2, 0.25) is 0 Å². The molecule has 2 rings (SSSR count). The molecule has 0 saturated carbocycles. The number of hydrogen-bond donors (Lipinski definition) is 2.